The zero-order chi connectivity index (χ0) is 23.1. The van der Waals surface area contributed by atoms with Crippen molar-refractivity contribution in [2.75, 3.05) is 26.8 Å². The Bertz CT molecular complexity index is 988. The number of rotatable bonds is 9. The fraction of sp³-hybridized carbons (Fsp3) is 0.435. The van der Waals surface area contributed by atoms with Gasteiger partial charge in [0.05, 0.1) is 18.9 Å². The number of amides is 1. The van der Waals surface area contributed by atoms with Gasteiger partial charge in [-0.1, -0.05) is 28.1 Å². The number of ether oxygens (including phenoxy) is 2. The molecule has 0 radical (unpaired) electrons. The summed E-state index contributed by atoms with van der Waals surface area (Å²) in [5, 5.41) is 2.98. The van der Waals surface area contributed by atoms with Crippen molar-refractivity contribution in [1.29, 1.82) is 0 Å². The summed E-state index contributed by atoms with van der Waals surface area (Å²) in [5.41, 5.74) is 0.749. The van der Waals surface area contributed by atoms with E-state index in [1.807, 2.05) is 43.3 Å². The highest BCUT2D eigenvalue weighted by Gasteiger charge is 2.31. The van der Waals surface area contributed by atoms with Gasteiger partial charge in [-0.15, -0.1) is 0 Å². The zero-order valence-electron chi connectivity index (χ0n) is 18.3. The summed E-state index contributed by atoms with van der Waals surface area (Å²) in [6.07, 6.45) is 1.02. The standard InChI is InChI=1S/C23H29BrN2O5S/c1-17(15-31-22-9-7-21(30-2)8-10-22)25-23(27)19-11-13-26(14-12-19)32(28,29)16-18-3-5-20(24)6-4-18/h3-10,17,19H,11-16H2,1-2H3,(H,25,27)/t17-/m1/s1. The van der Waals surface area contributed by atoms with Crippen LogP contribution in [0.15, 0.2) is 53.0 Å². The fourth-order valence-electron chi connectivity index (χ4n) is 3.57. The Balaban J connectivity index is 1.43. The van der Waals surface area contributed by atoms with Crippen molar-refractivity contribution in [3.05, 3.63) is 58.6 Å². The normalized spacial score (nSPS) is 16.3. The molecule has 2 aromatic rings. The Morgan fingerprint density at radius 1 is 1.09 bits per heavy atom. The topological polar surface area (TPSA) is 84.9 Å². The van der Waals surface area contributed by atoms with Crippen LogP contribution in [0.5, 0.6) is 11.5 Å². The Hall–Kier alpha value is -2.10. The molecule has 0 spiro atoms. The molecule has 174 valence electrons. The molecule has 1 aliphatic heterocycles. The lowest BCUT2D eigenvalue weighted by Crippen LogP contribution is -2.46. The molecule has 1 fully saturated rings. The van der Waals surface area contributed by atoms with Crippen molar-refractivity contribution < 1.29 is 22.7 Å². The van der Waals surface area contributed by atoms with Crippen molar-refractivity contribution >= 4 is 31.9 Å². The number of nitrogens with one attached hydrogen (secondary N) is 1. The second-order valence-electron chi connectivity index (χ2n) is 7.95. The molecular weight excluding hydrogens is 496 g/mol. The highest BCUT2D eigenvalue weighted by Crippen LogP contribution is 2.23. The van der Waals surface area contributed by atoms with Crippen LogP contribution in [0.3, 0.4) is 0 Å². The number of sulfonamides is 1. The first kappa shape index (κ1) is 24.5. The molecular formula is C23H29BrN2O5S. The van der Waals surface area contributed by atoms with Crippen LogP contribution in [0.2, 0.25) is 0 Å². The van der Waals surface area contributed by atoms with Crippen molar-refractivity contribution in [2.24, 2.45) is 5.92 Å². The van der Waals surface area contributed by atoms with Gasteiger partial charge in [0.15, 0.2) is 0 Å². The number of halogens is 1. The smallest absolute Gasteiger partial charge is 0.223 e. The molecule has 9 heteroatoms. The van der Waals surface area contributed by atoms with E-state index < -0.39 is 10.0 Å². The molecule has 1 N–H and O–H groups in total. The Kier molecular flexibility index (Phi) is 8.56. The van der Waals surface area contributed by atoms with Crippen molar-refractivity contribution in [1.82, 2.24) is 9.62 Å². The van der Waals surface area contributed by atoms with Crippen molar-refractivity contribution in [3.63, 3.8) is 0 Å². The average molecular weight is 525 g/mol. The maximum Gasteiger partial charge on any atom is 0.223 e. The van der Waals surface area contributed by atoms with E-state index in [2.05, 4.69) is 21.2 Å². The Morgan fingerprint density at radius 3 is 2.28 bits per heavy atom. The Morgan fingerprint density at radius 2 is 1.69 bits per heavy atom. The lowest BCUT2D eigenvalue weighted by Gasteiger charge is -2.31. The van der Waals surface area contributed by atoms with Gasteiger partial charge >= 0.3 is 0 Å². The van der Waals surface area contributed by atoms with Crippen LogP contribution >= 0.6 is 15.9 Å². The molecule has 0 aromatic heterocycles. The third kappa shape index (κ3) is 6.95. The molecule has 1 atom stereocenters. The quantitative estimate of drug-likeness (QED) is 0.541. The lowest BCUT2D eigenvalue weighted by atomic mass is 9.97. The van der Waals surface area contributed by atoms with Crippen LogP contribution in [-0.2, 0) is 20.6 Å². The summed E-state index contributed by atoms with van der Waals surface area (Å²) >= 11 is 3.36. The van der Waals surface area contributed by atoms with E-state index in [4.69, 9.17) is 9.47 Å². The summed E-state index contributed by atoms with van der Waals surface area (Å²) in [6.45, 7) is 2.94. The van der Waals surface area contributed by atoms with E-state index in [0.29, 0.717) is 38.3 Å². The summed E-state index contributed by atoms with van der Waals surface area (Å²) in [6, 6.07) is 14.4. The summed E-state index contributed by atoms with van der Waals surface area (Å²) < 4.78 is 38.7. The minimum atomic E-state index is -3.41. The van der Waals surface area contributed by atoms with Crippen LogP contribution in [0.25, 0.3) is 0 Å². The van der Waals surface area contributed by atoms with E-state index in [-0.39, 0.29) is 23.6 Å². The molecule has 0 saturated carbocycles. The van der Waals surface area contributed by atoms with Crippen molar-refractivity contribution in [3.8, 4) is 11.5 Å². The third-order valence-electron chi connectivity index (χ3n) is 5.43. The summed E-state index contributed by atoms with van der Waals surface area (Å²) in [5.74, 6) is 1.18. The number of piperidine rings is 1. The van der Waals surface area contributed by atoms with E-state index in [0.717, 1.165) is 15.8 Å². The maximum absolute atomic E-state index is 12.7. The van der Waals surface area contributed by atoms with Gasteiger partial charge in [0.2, 0.25) is 15.9 Å². The number of methoxy groups -OCH3 is 1. The van der Waals surface area contributed by atoms with E-state index in [1.54, 1.807) is 19.2 Å². The van der Waals surface area contributed by atoms with E-state index in [9.17, 15) is 13.2 Å². The molecule has 3 rings (SSSR count). The predicted molar refractivity (Wildman–Crippen MR) is 127 cm³/mol. The van der Waals surface area contributed by atoms with Gasteiger partial charge in [-0.05, 0) is 61.7 Å². The Labute approximate surface area is 198 Å². The van der Waals surface area contributed by atoms with Gasteiger partial charge in [0.25, 0.3) is 0 Å². The minimum absolute atomic E-state index is 0.0309. The van der Waals surface area contributed by atoms with Crippen LogP contribution in [-0.4, -0.2) is 51.5 Å². The first-order chi connectivity index (χ1) is 15.3. The summed E-state index contributed by atoms with van der Waals surface area (Å²) in [4.78, 5) is 12.6. The highest BCUT2D eigenvalue weighted by molar-refractivity contribution is 9.10. The average Bonchev–Trinajstić information content (AvgIpc) is 2.79. The highest BCUT2D eigenvalue weighted by atomic mass is 79.9. The van der Waals surface area contributed by atoms with E-state index in [1.165, 1.54) is 4.31 Å². The SMILES string of the molecule is COc1ccc(OC[C@@H](C)NC(=O)C2CCN(S(=O)(=O)Cc3ccc(Br)cc3)CC2)cc1. The van der Waals surface area contributed by atoms with Crippen LogP contribution < -0.4 is 14.8 Å². The van der Waals surface area contributed by atoms with Crippen LogP contribution in [0.1, 0.15) is 25.3 Å². The molecule has 1 saturated heterocycles. The first-order valence-electron chi connectivity index (χ1n) is 10.6. The zero-order valence-corrected chi connectivity index (χ0v) is 20.7. The maximum atomic E-state index is 12.7. The van der Waals surface area contributed by atoms with Gasteiger partial charge < -0.3 is 14.8 Å². The second-order valence-corrected chi connectivity index (χ2v) is 10.8. The number of nitrogens with zero attached hydrogens (tertiary/aromatic N) is 1. The molecule has 0 unspecified atom stereocenters. The minimum Gasteiger partial charge on any atom is -0.497 e. The molecule has 0 aliphatic carbocycles. The number of hydrogen-bond donors (Lipinski definition) is 1. The molecule has 1 amide bonds. The fourth-order valence-corrected chi connectivity index (χ4v) is 5.40. The van der Waals surface area contributed by atoms with Gasteiger partial charge in [0, 0.05) is 23.5 Å². The number of hydrogen-bond acceptors (Lipinski definition) is 5. The number of carbonyl (C=O) groups is 1. The second kappa shape index (κ2) is 11.2. The van der Waals surface area contributed by atoms with E-state index >= 15 is 0 Å². The van der Waals surface area contributed by atoms with Crippen LogP contribution in [0, 0.1) is 5.92 Å². The molecule has 1 heterocycles. The molecule has 2 aromatic carbocycles. The van der Waals surface area contributed by atoms with Crippen LogP contribution in [0.4, 0.5) is 0 Å². The third-order valence-corrected chi connectivity index (χ3v) is 7.81. The largest absolute Gasteiger partial charge is 0.497 e. The molecule has 32 heavy (non-hydrogen) atoms. The van der Waals surface area contributed by atoms with Gasteiger partial charge in [-0.3, -0.25) is 4.79 Å². The first-order valence-corrected chi connectivity index (χ1v) is 13.0. The molecule has 7 nitrogen and oxygen atoms in total. The van der Waals surface area contributed by atoms with Gasteiger partial charge in [0.1, 0.15) is 18.1 Å². The lowest BCUT2D eigenvalue weighted by molar-refractivity contribution is -0.126. The van der Waals surface area contributed by atoms with Gasteiger partial charge in [-0.25, -0.2) is 12.7 Å². The summed E-state index contributed by atoms with van der Waals surface area (Å²) in [7, 11) is -1.80. The monoisotopic (exact) mass is 524 g/mol. The predicted octanol–water partition coefficient (Wildman–Crippen LogP) is 3.58. The van der Waals surface area contributed by atoms with Gasteiger partial charge in [-0.2, -0.15) is 0 Å². The molecule has 0 bridgehead atoms. The van der Waals surface area contributed by atoms with Crippen molar-refractivity contribution in [2.45, 2.75) is 31.6 Å². The molecule has 1 aliphatic rings. The number of carbonyl (C=O) groups excluding carboxylic acids is 1. The number of benzene rings is 2.